The fourth-order valence-corrected chi connectivity index (χ4v) is 1.31. The van der Waals surface area contributed by atoms with Crippen molar-refractivity contribution in [2.24, 2.45) is 0 Å². The summed E-state index contributed by atoms with van der Waals surface area (Å²) in [5.74, 6) is -1.79. The van der Waals surface area contributed by atoms with Crippen molar-refractivity contribution in [1.82, 2.24) is 4.98 Å². The molecule has 0 saturated heterocycles. The molecule has 0 aliphatic heterocycles. The van der Waals surface area contributed by atoms with Crippen molar-refractivity contribution in [2.75, 3.05) is 0 Å². The Bertz CT molecular complexity index is 471. The van der Waals surface area contributed by atoms with Gasteiger partial charge in [-0.3, -0.25) is 0 Å². The molecule has 0 aromatic carbocycles. The van der Waals surface area contributed by atoms with E-state index in [2.05, 4.69) is 4.98 Å². The number of carboxylic acids is 1. The first-order valence-corrected chi connectivity index (χ1v) is 4.56. The van der Waals surface area contributed by atoms with E-state index in [-0.39, 0.29) is 17.1 Å². The molecule has 0 aliphatic rings. The lowest BCUT2D eigenvalue weighted by Crippen LogP contribution is -2.09. The van der Waals surface area contributed by atoms with Gasteiger partial charge < -0.3 is 5.11 Å². The molecule has 1 heterocycles. The summed E-state index contributed by atoms with van der Waals surface area (Å²) in [6.45, 7) is 0. The fourth-order valence-electron chi connectivity index (χ4n) is 1.10. The van der Waals surface area contributed by atoms with Crippen molar-refractivity contribution in [1.29, 1.82) is 5.26 Å². The van der Waals surface area contributed by atoms with Crippen LogP contribution in [0.2, 0.25) is 0 Å². The molecule has 0 aliphatic carbocycles. The Morgan fingerprint density at radius 1 is 1.69 bits per heavy atom. The lowest BCUT2D eigenvalue weighted by Gasteiger charge is -2.07. The van der Waals surface area contributed by atoms with E-state index in [0.717, 1.165) is 6.07 Å². The summed E-state index contributed by atoms with van der Waals surface area (Å²) >= 11 is 5.43. The zero-order chi connectivity index (χ0) is 12.3. The van der Waals surface area contributed by atoms with Gasteiger partial charge in [-0.1, -0.05) is 0 Å². The Morgan fingerprint density at radius 3 is 2.69 bits per heavy atom. The van der Waals surface area contributed by atoms with E-state index in [1.54, 1.807) is 6.07 Å². The summed E-state index contributed by atoms with van der Waals surface area (Å²) in [5.41, 5.74) is -1.72. The second-order valence-corrected chi connectivity index (χ2v) is 3.04. The Kier molecular flexibility index (Phi) is 3.74. The van der Waals surface area contributed by atoms with Crippen LogP contribution in [0.3, 0.4) is 0 Å². The van der Waals surface area contributed by atoms with Gasteiger partial charge in [0.05, 0.1) is 22.7 Å². The van der Waals surface area contributed by atoms with E-state index >= 15 is 0 Å². The lowest BCUT2D eigenvalue weighted by molar-refractivity contribution is 0.0676. The molecule has 0 amide bonds. The number of alkyl halides is 3. The molecule has 84 valence electrons. The number of nitrogens with zero attached hydrogens (tertiary/aromatic N) is 2. The Hall–Kier alpha value is -1.74. The van der Waals surface area contributed by atoms with Gasteiger partial charge in [-0.2, -0.15) is 5.26 Å². The number of pyridine rings is 1. The third-order valence-electron chi connectivity index (χ3n) is 1.82. The molecular weight excluding hydrogens is 242 g/mol. The van der Waals surface area contributed by atoms with E-state index in [1.807, 2.05) is 0 Å². The van der Waals surface area contributed by atoms with Crippen molar-refractivity contribution in [3.8, 4) is 6.07 Å². The summed E-state index contributed by atoms with van der Waals surface area (Å²) in [4.78, 5) is 14.1. The topological polar surface area (TPSA) is 74.0 Å². The molecule has 1 rings (SSSR count). The van der Waals surface area contributed by atoms with Crippen LogP contribution >= 0.6 is 11.6 Å². The largest absolute Gasteiger partial charge is 0.476 e. The SMILES string of the molecule is N#Cc1cc(C(F)F)c(C(=O)O)nc1CCl. The molecule has 1 aromatic rings. The van der Waals surface area contributed by atoms with E-state index in [9.17, 15) is 13.6 Å². The maximum absolute atomic E-state index is 12.5. The molecule has 0 atom stereocenters. The molecule has 0 saturated carbocycles. The second-order valence-electron chi connectivity index (χ2n) is 2.77. The molecule has 16 heavy (non-hydrogen) atoms. The number of aromatic carboxylic acids is 1. The van der Waals surface area contributed by atoms with Crippen LogP contribution in [0.4, 0.5) is 8.78 Å². The highest BCUT2D eigenvalue weighted by Crippen LogP contribution is 2.24. The second kappa shape index (κ2) is 4.86. The van der Waals surface area contributed by atoms with Gasteiger partial charge in [0.15, 0.2) is 5.69 Å². The number of carboxylic acid groups (broad SMARTS) is 1. The maximum Gasteiger partial charge on any atom is 0.355 e. The molecule has 0 bridgehead atoms. The molecule has 0 fully saturated rings. The normalized spacial score (nSPS) is 10.2. The molecule has 0 spiro atoms. The first-order chi connectivity index (χ1) is 7.51. The van der Waals surface area contributed by atoms with Crippen LogP contribution in [0.25, 0.3) is 0 Å². The van der Waals surface area contributed by atoms with Crippen molar-refractivity contribution in [3.63, 3.8) is 0 Å². The molecule has 1 N–H and O–H groups in total. The van der Waals surface area contributed by atoms with Crippen molar-refractivity contribution in [2.45, 2.75) is 12.3 Å². The van der Waals surface area contributed by atoms with Crippen LogP contribution in [-0.2, 0) is 5.88 Å². The summed E-state index contributed by atoms with van der Waals surface area (Å²) in [6.07, 6.45) is -3.00. The van der Waals surface area contributed by atoms with Crippen LogP contribution in [0.1, 0.15) is 33.7 Å². The van der Waals surface area contributed by atoms with Crippen LogP contribution in [0, 0.1) is 11.3 Å². The van der Waals surface area contributed by atoms with Gasteiger partial charge in [0.1, 0.15) is 6.07 Å². The Labute approximate surface area is 94.1 Å². The molecule has 0 radical (unpaired) electrons. The van der Waals surface area contributed by atoms with E-state index in [1.165, 1.54) is 0 Å². The fraction of sp³-hybridized carbons (Fsp3) is 0.222. The van der Waals surface area contributed by atoms with Gasteiger partial charge in [-0.15, -0.1) is 11.6 Å². The summed E-state index contributed by atoms with van der Waals surface area (Å²) in [5, 5.41) is 17.3. The van der Waals surface area contributed by atoms with Crippen molar-refractivity contribution in [3.05, 3.63) is 28.6 Å². The molecule has 1 aromatic heterocycles. The minimum Gasteiger partial charge on any atom is -0.476 e. The summed E-state index contributed by atoms with van der Waals surface area (Å²) in [6, 6.07) is 2.44. The monoisotopic (exact) mass is 246 g/mol. The summed E-state index contributed by atoms with van der Waals surface area (Å²) < 4.78 is 25.0. The molecule has 7 heteroatoms. The minimum absolute atomic E-state index is 0.0223. The van der Waals surface area contributed by atoms with E-state index in [4.69, 9.17) is 22.0 Å². The summed E-state index contributed by atoms with van der Waals surface area (Å²) in [7, 11) is 0. The van der Waals surface area contributed by atoms with Crippen molar-refractivity contribution < 1.29 is 18.7 Å². The number of rotatable bonds is 3. The quantitative estimate of drug-likeness (QED) is 0.831. The van der Waals surface area contributed by atoms with Gasteiger partial charge in [0.25, 0.3) is 6.43 Å². The first-order valence-electron chi connectivity index (χ1n) is 4.02. The average Bonchev–Trinajstić information content (AvgIpc) is 2.26. The molecular formula is C9H5ClF2N2O2. The third kappa shape index (κ3) is 2.25. The number of halogens is 3. The van der Waals surface area contributed by atoms with Crippen LogP contribution in [-0.4, -0.2) is 16.1 Å². The van der Waals surface area contributed by atoms with Gasteiger partial charge in [0, 0.05) is 0 Å². The number of hydrogen-bond acceptors (Lipinski definition) is 3. The van der Waals surface area contributed by atoms with E-state index < -0.39 is 23.7 Å². The Balaban J connectivity index is 3.49. The van der Waals surface area contributed by atoms with Crippen LogP contribution in [0.15, 0.2) is 6.07 Å². The third-order valence-corrected chi connectivity index (χ3v) is 2.07. The smallest absolute Gasteiger partial charge is 0.355 e. The van der Waals surface area contributed by atoms with Crippen LogP contribution in [0.5, 0.6) is 0 Å². The number of hydrogen-bond donors (Lipinski definition) is 1. The minimum atomic E-state index is -3.00. The van der Waals surface area contributed by atoms with E-state index in [0.29, 0.717) is 0 Å². The predicted molar refractivity (Wildman–Crippen MR) is 50.4 cm³/mol. The molecule has 4 nitrogen and oxygen atoms in total. The zero-order valence-corrected chi connectivity index (χ0v) is 8.50. The predicted octanol–water partition coefficient (Wildman–Crippen LogP) is 2.33. The number of nitriles is 1. The number of aromatic nitrogens is 1. The maximum atomic E-state index is 12.5. The first kappa shape index (κ1) is 12.3. The highest BCUT2D eigenvalue weighted by molar-refractivity contribution is 6.17. The average molecular weight is 247 g/mol. The standard InChI is InChI=1S/C9H5ClF2N2O2/c10-2-6-4(3-13)1-5(8(11)12)7(14-6)9(15)16/h1,8H,2H2,(H,15,16). The van der Waals surface area contributed by atoms with Gasteiger partial charge in [0.2, 0.25) is 0 Å². The highest BCUT2D eigenvalue weighted by atomic mass is 35.5. The Morgan fingerprint density at radius 2 is 2.31 bits per heavy atom. The molecule has 0 unspecified atom stereocenters. The van der Waals surface area contributed by atoms with Crippen molar-refractivity contribution >= 4 is 17.6 Å². The van der Waals surface area contributed by atoms with Gasteiger partial charge >= 0.3 is 5.97 Å². The number of carbonyl (C=O) groups is 1. The highest BCUT2D eigenvalue weighted by Gasteiger charge is 2.22. The lowest BCUT2D eigenvalue weighted by atomic mass is 10.1. The van der Waals surface area contributed by atoms with Gasteiger partial charge in [-0.05, 0) is 6.07 Å². The van der Waals surface area contributed by atoms with Gasteiger partial charge in [-0.25, -0.2) is 18.6 Å². The zero-order valence-electron chi connectivity index (χ0n) is 7.75. The van der Waals surface area contributed by atoms with Crippen LogP contribution < -0.4 is 0 Å².